The Morgan fingerprint density at radius 2 is 1.65 bits per heavy atom. The molecule has 4 rings (SSSR count). The summed E-state index contributed by atoms with van der Waals surface area (Å²) in [6.07, 6.45) is 0.703. The van der Waals surface area contributed by atoms with Gasteiger partial charge in [0.1, 0.15) is 5.65 Å². The van der Waals surface area contributed by atoms with E-state index in [4.69, 9.17) is 0 Å². The highest BCUT2D eigenvalue weighted by molar-refractivity contribution is 5.91. The Hall–Kier alpha value is -3.42. The van der Waals surface area contributed by atoms with Crippen LogP contribution < -0.4 is 5.32 Å². The molecular formula is C18H12F3N5. The van der Waals surface area contributed by atoms with Gasteiger partial charge in [0.25, 0.3) is 0 Å². The van der Waals surface area contributed by atoms with E-state index in [1.165, 1.54) is 12.1 Å². The molecule has 0 atom stereocenters. The number of benzene rings is 1. The summed E-state index contributed by atoms with van der Waals surface area (Å²) in [6, 6.07) is 10.2. The van der Waals surface area contributed by atoms with Gasteiger partial charge in [-0.15, -0.1) is 0 Å². The molecule has 26 heavy (non-hydrogen) atoms. The topological polar surface area (TPSA) is 66.5 Å². The predicted molar refractivity (Wildman–Crippen MR) is 91.8 cm³/mol. The van der Waals surface area contributed by atoms with Crippen molar-refractivity contribution in [3.05, 3.63) is 66.6 Å². The van der Waals surface area contributed by atoms with E-state index in [0.717, 1.165) is 28.7 Å². The van der Waals surface area contributed by atoms with E-state index in [1.807, 2.05) is 12.1 Å². The van der Waals surface area contributed by atoms with Crippen molar-refractivity contribution in [2.45, 2.75) is 6.18 Å². The number of hydrogen-bond acceptors (Lipinski definition) is 4. The predicted octanol–water partition coefficient (Wildman–Crippen LogP) is 4.78. The van der Waals surface area contributed by atoms with E-state index in [0.29, 0.717) is 17.3 Å². The third kappa shape index (κ3) is 3.08. The van der Waals surface area contributed by atoms with Crippen LogP contribution in [0.5, 0.6) is 0 Å². The zero-order valence-corrected chi connectivity index (χ0v) is 13.2. The lowest BCUT2D eigenvalue weighted by Crippen LogP contribution is -2.04. The molecule has 0 amide bonds. The number of anilines is 2. The maximum atomic E-state index is 12.6. The lowest BCUT2D eigenvalue weighted by molar-refractivity contribution is -0.137. The third-order valence-electron chi connectivity index (χ3n) is 3.86. The summed E-state index contributed by atoms with van der Waals surface area (Å²) in [5, 5.41) is 3.84. The monoisotopic (exact) mass is 355 g/mol. The lowest BCUT2D eigenvalue weighted by Gasteiger charge is -2.09. The molecule has 3 aromatic heterocycles. The van der Waals surface area contributed by atoms with Crippen LogP contribution in [0.2, 0.25) is 0 Å². The summed E-state index contributed by atoms with van der Waals surface area (Å²) < 4.78 is 37.9. The molecule has 0 aliphatic heterocycles. The van der Waals surface area contributed by atoms with Crippen molar-refractivity contribution < 1.29 is 13.2 Å². The number of pyridine rings is 1. The average molecular weight is 355 g/mol. The highest BCUT2D eigenvalue weighted by Gasteiger charge is 2.29. The highest BCUT2D eigenvalue weighted by Crippen LogP contribution is 2.30. The van der Waals surface area contributed by atoms with Crippen LogP contribution in [0, 0.1) is 0 Å². The number of halogens is 3. The van der Waals surface area contributed by atoms with Crippen LogP contribution in [0.4, 0.5) is 24.8 Å². The average Bonchev–Trinajstić information content (AvgIpc) is 3.10. The molecule has 0 saturated carbocycles. The minimum atomic E-state index is -4.36. The van der Waals surface area contributed by atoms with E-state index in [2.05, 4.69) is 25.3 Å². The Bertz CT molecular complexity index is 1050. The maximum absolute atomic E-state index is 12.6. The first-order valence-corrected chi connectivity index (χ1v) is 7.70. The van der Waals surface area contributed by atoms with Gasteiger partial charge in [-0.05, 0) is 42.5 Å². The van der Waals surface area contributed by atoms with Gasteiger partial charge in [0.05, 0.1) is 11.3 Å². The summed E-state index contributed by atoms with van der Waals surface area (Å²) >= 11 is 0. The third-order valence-corrected chi connectivity index (χ3v) is 3.86. The number of alkyl halides is 3. The van der Waals surface area contributed by atoms with Crippen molar-refractivity contribution in [3.63, 3.8) is 0 Å². The molecule has 4 aromatic rings. The molecule has 0 fully saturated rings. The molecule has 2 N–H and O–H groups in total. The van der Waals surface area contributed by atoms with Gasteiger partial charge in [0, 0.05) is 35.2 Å². The van der Waals surface area contributed by atoms with Crippen molar-refractivity contribution in [2.24, 2.45) is 0 Å². The first-order chi connectivity index (χ1) is 12.5. The number of nitrogens with one attached hydrogen (secondary N) is 2. The van der Waals surface area contributed by atoms with Gasteiger partial charge >= 0.3 is 6.18 Å². The maximum Gasteiger partial charge on any atom is 0.416 e. The molecule has 1 aromatic carbocycles. The van der Waals surface area contributed by atoms with Crippen molar-refractivity contribution >= 4 is 22.7 Å². The van der Waals surface area contributed by atoms with Crippen LogP contribution in [-0.4, -0.2) is 19.9 Å². The molecule has 5 nitrogen and oxygen atoms in total. The van der Waals surface area contributed by atoms with Gasteiger partial charge in [0.2, 0.25) is 5.95 Å². The number of hydrogen-bond donors (Lipinski definition) is 2. The van der Waals surface area contributed by atoms with Crippen LogP contribution in [0.1, 0.15) is 5.56 Å². The fourth-order valence-corrected chi connectivity index (χ4v) is 2.62. The number of aromatic amines is 1. The normalized spacial score (nSPS) is 11.7. The first-order valence-electron chi connectivity index (χ1n) is 7.70. The number of nitrogens with zero attached hydrogens (tertiary/aromatic N) is 3. The molecular weight excluding hydrogens is 343 g/mol. The fraction of sp³-hybridized carbons (Fsp3) is 0.0556. The first kappa shape index (κ1) is 16.1. The Balaban J connectivity index is 1.63. The van der Waals surface area contributed by atoms with Crippen LogP contribution in [0.15, 0.2) is 61.1 Å². The minimum Gasteiger partial charge on any atom is -0.346 e. The number of H-pyrrole nitrogens is 1. The van der Waals surface area contributed by atoms with Crippen molar-refractivity contribution in [2.75, 3.05) is 5.32 Å². The second-order valence-corrected chi connectivity index (χ2v) is 5.56. The van der Waals surface area contributed by atoms with E-state index in [1.54, 1.807) is 24.7 Å². The van der Waals surface area contributed by atoms with Crippen molar-refractivity contribution in [3.8, 4) is 11.3 Å². The van der Waals surface area contributed by atoms with Gasteiger partial charge in [-0.1, -0.05) is 0 Å². The van der Waals surface area contributed by atoms with Gasteiger partial charge in [-0.25, -0.2) is 15.0 Å². The molecule has 0 saturated heterocycles. The number of rotatable bonds is 3. The van der Waals surface area contributed by atoms with Crippen LogP contribution in [0.25, 0.3) is 22.3 Å². The summed E-state index contributed by atoms with van der Waals surface area (Å²) in [7, 11) is 0. The van der Waals surface area contributed by atoms with E-state index in [9.17, 15) is 13.2 Å². The molecule has 130 valence electrons. The Labute approximate surface area is 146 Å². The Morgan fingerprint density at radius 3 is 2.42 bits per heavy atom. The highest BCUT2D eigenvalue weighted by atomic mass is 19.4. The van der Waals surface area contributed by atoms with Crippen LogP contribution in [-0.2, 0) is 6.18 Å². The molecule has 8 heteroatoms. The number of aromatic nitrogens is 4. The lowest BCUT2D eigenvalue weighted by atomic mass is 10.1. The van der Waals surface area contributed by atoms with Gasteiger partial charge < -0.3 is 10.3 Å². The van der Waals surface area contributed by atoms with Crippen molar-refractivity contribution in [1.29, 1.82) is 0 Å². The standard InChI is InChI=1S/C18H12F3N5/c19-18(20,21)11-1-3-12(4-2-11)25-17-24-10-7-15(26-17)13-5-8-22-16-14(13)6-9-23-16/h1-10H,(H,22,23)(H,24,25,26). The minimum absolute atomic E-state index is 0.294. The van der Waals surface area contributed by atoms with Crippen LogP contribution in [0.3, 0.4) is 0 Å². The van der Waals surface area contributed by atoms with E-state index >= 15 is 0 Å². The Kier molecular flexibility index (Phi) is 3.80. The van der Waals surface area contributed by atoms with E-state index in [-0.39, 0.29) is 0 Å². The van der Waals surface area contributed by atoms with E-state index < -0.39 is 11.7 Å². The van der Waals surface area contributed by atoms with Crippen LogP contribution >= 0.6 is 0 Å². The fourth-order valence-electron chi connectivity index (χ4n) is 2.62. The Morgan fingerprint density at radius 1 is 0.885 bits per heavy atom. The van der Waals surface area contributed by atoms with Gasteiger partial charge in [-0.3, -0.25) is 0 Å². The molecule has 0 aliphatic rings. The summed E-state index contributed by atoms with van der Waals surface area (Å²) in [5.41, 5.74) is 2.08. The number of fused-ring (bicyclic) bond motifs is 1. The molecule has 3 heterocycles. The second kappa shape index (κ2) is 6.14. The largest absolute Gasteiger partial charge is 0.416 e. The molecule has 0 aliphatic carbocycles. The quantitative estimate of drug-likeness (QED) is 0.555. The zero-order valence-electron chi connectivity index (χ0n) is 13.2. The smallest absolute Gasteiger partial charge is 0.346 e. The van der Waals surface area contributed by atoms with Gasteiger partial charge in [0.15, 0.2) is 0 Å². The van der Waals surface area contributed by atoms with Gasteiger partial charge in [-0.2, -0.15) is 13.2 Å². The molecule has 0 radical (unpaired) electrons. The molecule has 0 spiro atoms. The SMILES string of the molecule is FC(F)(F)c1ccc(Nc2nccc(-c3ccnc4[nH]ccc34)n2)cc1. The van der Waals surface area contributed by atoms with Crippen molar-refractivity contribution in [1.82, 2.24) is 19.9 Å². The second-order valence-electron chi connectivity index (χ2n) is 5.56. The molecule has 0 bridgehead atoms. The summed E-state index contributed by atoms with van der Waals surface area (Å²) in [6.45, 7) is 0. The molecule has 0 unspecified atom stereocenters. The summed E-state index contributed by atoms with van der Waals surface area (Å²) in [4.78, 5) is 15.9. The zero-order chi connectivity index (χ0) is 18.1. The summed E-state index contributed by atoms with van der Waals surface area (Å²) in [5.74, 6) is 0.294.